The van der Waals surface area contributed by atoms with Crippen LogP contribution < -0.4 is 0 Å². The second kappa shape index (κ2) is 3.15. The molecule has 0 N–H and O–H groups in total. The van der Waals surface area contributed by atoms with Crippen LogP contribution >= 0.6 is 31.9 Å². The van der Waals surface area contributed by atoms with Gasteiger partial charge in [-0.1, -0.05) is 31.9 Å². The van der Waals surface area contributed by atoms with Crippen LogP contribution in [0, 0.1) is 0 Å². The van der Waals surface area contributed by atoms with Gasteiger partial charge in [0.05, 0.1) is 4.83 Å². The number of hydrogen-bond donors (Lipinski definition) is 0. The lowest BCUT2D eigenvalue weighted by atomic mass is 9.99. The molecule has 52 valence electrons. The summed E-state index contributed by atoms with van der Waals surface area (Å²) in [5.41, 5.74) is 0. The van der Waals surface area contributed by atoms with E-state index in [1.54, 1.807) is 0 Å². The number of rotatable bonds is 0. The summed E-state index contributed by atoms with van der Waals surface area (Å²) < 4.78 is 0. The predicted octanol–water partition coefficient (Wildman–Crippen LogP) is 2.27. The van der Waals surface area contributed by atoms with Gasteiger partial charge in [0, 0.05) is 11.2 Å². The molecule has 0 bridgehead atoms. The lowest BCUT2D eigenvalue weighted by Crippen LogP contribution is -2.28. The van der Waals surface area contributed by atoms with Crippen molar-refractivity contribution < 1.29 is 4.79 Å². The van der Waals surface area contributed by atoms with Crippen molar-refractivity contribution in [1.29, 1.82) is 0 Å². The minimum Gasteiger partial charge on any atom is -0.298 e. The fraction of sp³-hybridized carbons (Fsp3) is 0.833. The number of carbonyl (C=O) groups is 1. The first-order chi connectivity index (χ1) is 4.22. The summed E-state index contributed by atoms with van der Waals surface area (Å²) >= 11 is 6.75. The van der Waals surface area contributed by atoms with Crippen LogP contribution in [-0.2, 0) is 4.79 Å². The summed E-state index contributed by atoms with van der Waals surface area (Å²) in [6, 6.07) is 0. The van der Waals surface area contributed by atoms with Crippen LogP contribution in [0.25, 0.3) is 0 Å². The van der Waals surface area contributed by atoms with Gasteiger partial charge in [0.15, 0.2) is 0 Å². The molecule has 0 aliphatic heterocycles. The number of Topliss-reactive ketones (excluding diaryl/α,β-unsaturated/α-hetero) is 1. The molecule has 0 unspecified atom stereocenters. The molecule has 1 fully saturated rings. The van der Waals surface area contributed by atoms with Gasteiger partial charge in [0.2, 0.25) is 0 Å². The van der Waals surface area contributed by atoms with Crippen molar-refractivity contribution in [3.05, 3.63) is 0 Å². The fourth-order valence-corrected chi connectivity index (χ4v) is 2.07. The topological polar surface area (TPSA) is 17.1 Å². The first-order valence-electron chi connectivity index (χ1n) is 3.02. The number of halogens is 2. The van der Waals surface area contributed by atoms with Crippen LogP contribution in [0.4, 0.5) is 0 Å². The molecule has 0 radical (unpaired) electrons. The van der Waals surface area contributed by atoms with Crippen molar-refractivity contribution in [2.24, 2.45) is 0 Å². The third kappa shape index (κ3) is 1.77. The lowest BCUT2D eigenvalue weighted by molar-refractivity contribution is -0.119. The molecule has 0 aromatic rings. The minimum atomic E-state index is 0.0613. The van der Waals surface area contributed by atoms with E-state index in [2.05, 4.69) is 31.9 Å². The van der Waals surface area contributed by atoms with Gasteiger partial charge in [-0.25, -0.2) is 0 Å². The number of hydrogen-bond acceptors (Lipinski definition) is 1. The van der Waals surface area contributed by atoms with Crippen molar-refractivity contribution >= 4 is 37.6 Å². The van der Waals surface area contributed by atoms with Crippen LogP contribution in [-0.4, -0.2) is 15.4 Å². The molecule has 0 spiro atoms. The first kappa shape index (κ1) is 7.73. The molecule has 1 rings (SSSR count). The summed E-state index contributed by atoms with van der Waals surface area (Å²) in [6.45, 7) is 0. The molecule has 0 aromatic heterocycles. The SMILES string of the molecule is O=C1CCC[C@H](Br)[C@H]1Br. The zero-order chi connectivity index (χ0) is 6.85. The average Bonchev–Trinajstić information content (AvgIpc) is 1.83. The third-order valence-electron chi connectivity index (χ3n) is 1.53. The molecule has 1 aliphatic rings. The standard InChI is InChI=1S/C6H8Br2O/c7-4-2-1-3-5(9)6(4)8/h4,6H,1-3H2/t4-,6+/m0/s1. The molecule has 0 heterocycles. The molecular formula is C6H8Br2O. The molecule has 1 aliphatic carbocycles. The van der Waals surface area contributed by atoms with E-state index in [1.165, 1.54) is 0 Å². The molecule has 2 atom stereocenters. The highest BCUT2D eigenvalue weighted by Gasteiger charge is 2.26. The molecular weight excluding hydrogens is 248 g/mol. The van der Waals surface area contributed by atoms with Gasteiger partial charge in [0.25, 0.3) is 0 Å². The van der Waals surface area contributed by atoms with Gasteiger partial charge in [-0.15, -0.1) is 0 Å². The lowest BCUT2D eigenvalue weighted by Gasteiger charge is -2.20. The Bertz CT molecular complexity index is 124. The van der Waals surface area contributed by atoms with Gasteiger partial charge < -0.3 is 0 Å². The van der Waals surface area contributed by atoms with E-state index in [9.17, 15) is 4.79 Å². The van der Waals surface area contributed by atoms with Gasteiger partial charge in [-0.05, 0) is 12.8 Å². The number of carbonyl (C=O) groups excluding carboxylic acids is 1. The van der Waals surface area contributed by atoms with Gasteiger partial charge in [-0.3, -0.25) is 4.79 Å². The normalized spacial score (nSPS) is 36.9. The summed E-state index contributed by atoms with van der Waals surface area (Å²) in [4.78, 5) is 11.3. The van der Waals surface area contributed by atoms with Crippen LogP contribution in [0.5, 0.6) is 0 Å². The van der Waals surface area contributed by atoms with Crippen molar-refractivity contribution in [3.63, 3.8) is 0 Å². The molecule has 0 amide bonds. The summed E-state index contributed by atoms with van der Waals surface area (Å²) in [5.74, 6) is 0.336. The van der Waals surface area contributed by atoms with Crippen molar-refractivity contribution in [1.82, 2.24) is 0 Å². The van der Waals surface area contributed by atoms with Crippen LogP contribution in [0.3, 0.4) is 0 Å². The molecule has 0 aromatic carbocycles. The van der Waals surface area contributed by atoms with Crippen molar-refractivity contribution in [3.8, 4) is 0 Å². The zero-order valence-electron chi connectivity index (χ0n) is 4.94. The monoisotopic (exact) mass is 254 g/mol. The Balaban J connectivity index is 2.51. The first-order valence-corrected chi connectivity index (χ1v) is 4.86. The second-order valence-corrected chi connectivity index (χ2v) is 4.44. The van der Waals surface area contributed by atoms with Crippen LogP contribution in [0.15, 0.2) is 0 Å². The Kier molecular flexibility index (Phi) is 2.71. The van der Waals surface area contributed by atoms with Gasteiger partial charge in [-0.2, -0.15) is 0 Å². The summed E-state index contributed by atoms with van der Waals surface area (Å²) in [5, 5.41) is 0. The van der Waals surface area contributed by atoms with E-state index in [4.69, 9.17) is 0 Å². The smallest absolute Gasteiger partial charge is 0.147 e. The van der Waals surface area contributed by atoms with Crippen LogP contribution in [0.1, 0.15) is 19.3 Å². The average molecular weight is 256 g/mol. The van der Waals surface area contributed by atoms with E-state index in [-0.39, 0.29) is 4.83 Å². The summed E-state index contributed by atoms with van der Waals surface area (Å²) in [6.07, 6.45) is 2.90. The highest BCUT2D eigenvalue weighted by Crippen LogP contribution is 2.26. The van der Waals surface area contributed by atoms with E-state index < -0.39 is 0 Å². The summed E-state index contributed by atoms with van der Waals surface area (Å²) in [7, 11) is 0. The Labute approximate surface area is 71.5 Å². The maximum Gasteiger partial charge on any atom is 0.147 e. The quantitative estimate of drug-likeness (QED) is 0.607. The maximum atomic E-state index is 10.9. The highest BCUT2D eigenvalue weighted by atomic mass is 79.9. The van der Waals surface area contributed by atoms with E-state index in [1.807, 2.05) is 0 Å². The molecule has 3 heteroatoms. The Morgan fingerprint density at radius 3 is 2.56 bits per heavy atom. The van der Waals surface area contributed by atoms with E-state index in [0.717, 1.165) is 19.3 Å². The van der Waals surface area contributed by atoms with Gasteiger partial charge in [0.1, 0.15) is 5.78 Å². The maximum absolute atomic E-state index is 10.9. The molecule has 9 heavy (non-hydrogen) atoms. The Morgan fingerprint density at radius 1 is 1.44 bits per heavy atom. The Hall–Kier alpha value is 0.630. The highest BCUT2D eigenvalue weighted by molar-refractivity contribution is 9.12. The van der Waals surface area contributed by atoms with E-state index in [0.29, 0.717) is 10.6 Å². The molecule has 1 nitrogen and oxygen atoms in total. The van der Waals surface area contributed by atoms with Crippen molar-refractivity contribution in [2.75, 3.05) is 0 Å². The number of alkyl halides is 2. The second-order valence-electron chi connectivity index (χ2n) is 2.28. The van der Waals surface area contributed by atoms with Crippen molar-refractivity contribution in [2.45, 2.75) is 28.9 Å². The molecule has 1 saturated carbocycles. The largest absolute Gasteiger partial charge is 0.298 e. The van der Waals surface area contributed by atoms with Crippen LogP contribution in [0.2, 0.25) is 0 Å². The predicted molar refractivity (Wildman–Crippen MR) is 44.3 cm³/mol. The minimum absolute atomic E-state index is 0.0613. The fourth-order valence-electron chi connectivity index (χ4n) is 0.957. The Morgan fingerprint density at radius 2 is 2.11 bits per heavy atom. The van der Waals surface area contributed by atoms with E-state index >= 15 is 0 Å². The molecule has 0 saturated heterocycles. The zero-order valence-corrected chi connectivity index (χ0v) is 8.11. The van der Waals surface area contributed by atoms with Gasteiger partial charge >= 0.3 is 0 Å². The third-order valence-corrected chi connectivity index (χ3v) is 4.37. The number of ketones is 1.